The Kier molecular flexibility index (Phi) is 3.71. The average molecular weight is 340 g/mol. The maximum Gasteiger partial charge on any atom is 0.265 e. The number of hydrogen-bond donors (Lipinski definition) is 1. The fourth-order valence-electron chi connectivity index (χ4n) is 3.52. The van der Waals surface area contributed by atoms with Crippen LogP contribution < -0.4 is 10.1 Å². The minimum Gasteiger partial charge on any atom is -0.478 e. The van der Waals surface area contributed by atoms with Crippen LogP contribution in [-0.2, 0) is 11.8 Å². The number of aromatic nitrogens is 2. The molecule has 0 radical (unpaired) electrons. The maximum atomic E-state index is 13.2. The molecule has 0 bridgehead atoms. The fourth-order valence-corrected chi connectivity index (χ4v) is 3.52. The number of rotatable bonds is 2. The molecule has 2 aliphatic heterocycles. The highest BCUT2D eigenvalue weighted by molar-refractivity contribution is 6.04. The second kappa shape index (κ2) is 5.91. The van der Waals surface area contributed by atoms with Gasteiger partial charge in [0.2, 0.25) is 0 Å². The molecule has 0 spiro atoms. The van der Waals surface area contributed by atoms with Gasteiger partial charge in [0.25, 0.3) is 11.8 Å². The molecule has 2 atom stereocenters. The first-order valence-electron chi connectivity index (χ1n) is 8.44. The topological polar surface area (TPSA) is 76.5 Å². The molecule has 0 saturated carbocycles. The van der Waals surface area contributed by atoms with E-state index in [-0.39, 0.29) is 17.9 Å². The van der Waals surface area contributed by atoms with Crippen molar-refractivity contribution in [2.75, 3.05) is 11.9 Å². The molecule has 130 valence electrons. The molecular formula is C18H20N4O3. The number of carbonyl (C=O) groups excluding carboxylic acids is 2. The van der Waals surface area contributed by atoms with Gasteiger partial charge in [-0.25, -0.2) is 0 Å². The van der Waals surface area contributed by atoms with Crippen LogP contribution in [0.3, 0.4) is 0 Å². The van der Waals surface area contributed by atoms with Crippen LogP contribution in [0.15, 0.2) is 30.6 Å². The fraction of sp³-hybridized carbons (Fsp3) is 0.389. The maximum absolute atomic E-state index is 13.2. The van der Waals surface area contributed by atoms with E-state index in [9.17, 15) is 9.59 Å². The minimum absolute atomic E-state index is 0.0210. The van der Waals surface area contributed by atoms with Crippen LogP contribution in [0, 0.1) is 0 Å². The summed E-state index contributed by atoms with van der Waals surface area (Å²) in [6, 6.07) is 5.29. The molecule has 1 saturated heterocycles. The van der Waals surface area contributed by atoms with Gasteiger partial charge >= 0.3 is 0 Å². The zero-order valence-corrected chi connectivity index (χ0v) is 14.2. The standard InChI is InChI=1S/C18H20N4O3/c1-11-17(23)20-14-6-3-5-13(16(14)25-11)18(24)22-8-4-7-15(22)12-9-19-21(2)10-12/h3,5-6,9-11,15H,4,7-8H2,1-2H3,(H,20,23)/t11-,15+/m0/s1. The van der Waals surface area contributed by atoms with Gasteiger partial charge < -0.3 is 15.0 Å². The van der Waals surface area contributed by atoms with Crippen LogP contribution >= 0.6 is 0 Å². The van der Waals surface area contributed by atoms with Gasteiger partial charge in [-0.1, -0.05) is 6.07 Å². The van der Waals surface area contributed by atoms with Crippen molar-refractivity contribution in [2.24, 2.45) is 7.05 Å². The number of ether oxygens (including phenoxy) is 1. The van der Waals surface area contributed by atoms with Crippen molar-refractivity contribution in [1.82, 2.24) is 14.7 Å². The van der Waals surface area contributed by atoms with Crippen LogP contribution in [-0.4, -0.2) is 39.1 Å². The SMILES string of the molecule is C[C@@H]1Oc2c(cccc2C(=O)N2CCC[C@@H]2c2cnn(C)c2)NC1=O. The Hall–Kier alpha value is -2.83. The van der Waals surface area contributed by atoms with Crippen LogP contribution in [0.2, 0.25) is 0 Å². The summed E-state index contributed by atoms with van der Waals surface area (Å²) in [5, 5.41) is 7.02. The lowest BCUT2D eigenvalue weighted by Crippen LogP contribution is -2.36. The number of hydrogen-bond acceptors (Lipinski definition) is 4. The van der Waals surface area contributed by atoms with E-state index in [1.165, 1.54) is 0 Å². The molecule has 2 aromatic rings. The van der Waals surface area contributed by atoms with Gasteiger partial charge in [-0.2, -0.15) is 5.10 Å². The van der Waals surface area contributed by atoms with Crippen LogP contribution in [0.4, 0.5) is 5.69 Å². The Morgan fingerprint density at radius 1 is 1.40 bits per heavy atom. The Morgan fingerprint density at radius 2 is 2.24 bits per heavy atom. The van der Waals surface area contributed by atoms with Crippen molar-refractivity contribution in [3.63, 3.8) is 0 Å². The molecule has 0 unspecified atom stereocenters. The molecule has 4 rings (SSSR count). The number of aryl methyl sites for hydroxylation is 1. The summed E-state index contributed by atoms with van der Waals surface area (Å²) < 4.78 is 7.48. The summed E-state index contributed by atoms with van der Waals surface area (Å²) in [7, 11) is 1.87. The molecule has 1 N–H and O–H groups in total. The molecule has 1 aromatic carbocycles. The first-order chi connectivity index (χ1) is 12.0. The first-order valence-corrected chi connectivity index (χ1v) is 8.44. The zero-order valence-electron chi connectivity index (χ0n) is 14.2. The van der Waals surface area contributed by atoms with Crippen molar-refractivity contribution >= 4 is 17.5 Å². The second-order valence-corrected chi connectivity index (χ2v) is 6.54. The van der Waals surface area contributed by atoms with Gasteiger partial charge in [0.05, 0.1) is 23.5 Å². The lowest BCUT2D eigenvalue weighted by atomic mass is 10.1. The summed E-state index contributed by atoms with van der Waals surface area (Å²) in [6.45, 7) is 2.37. The predicted molar refractivity (Wildman–Crippen MR) is 91.4 cm³/mol. The highest BCUT2D eigenvalue weighted by atomic mass is 16.5. The zero-order chi connectivity index (χ0) is 17.6. The van der Waals surface area contributed by atoms with E-state index in [1.807, 2.05) is 24.3 Å². The van der Waals surface area contributed by atoms with Crippen molar-refractivity contribution in [1.29, 1.82) is 0 Å². The number of nitrogens with one attached hydrogen (secondary N) is 1. The quantitative estimate of drug-likeness (QED) is 0.908. The number of anilines is 1. The van der Waals surface area contributed by atoms with E-state index in [0.717, 1.165) is 18.4 Å². The largest absolute Gasteiger partial charge is 0.478 e. The van der Waals surface area contributed by atoms with Crippen LogP contribution in [0.1, 0.15) is 41.7 Å². The number of para-hydroxylation sites is 1. The molecule has 1 fully saturated rings. The Labute approximate surface area is 145 Å². The molecule has 2 aliphatic rings. The summed E-state index contributed by atoms with van der Waals surface area (Å²) in [5.74, 6) is 0.175. The highest BCUT2D eigenvalue weighted by Crippen LogP contribution is 2.38. The van der Waals surface area contributed by atoms with Crippen LogP contribution in [0.5, 0.6) is 5.75 Å². The molecule has 7 heteroatoms. The van der Waals surface area contributed by atoms with Gasteiger partial charge in [-0.05, 0) is 31.9 Å². The molecular weight excluding hydrogens is 320 g/mol. The Bertz CT molecular complexity index is 845. The summed E-state index contributed by atoms with van der Waals surface area (Å²) >= 11 is 0. The highest BCUT2D eigenvalue weighted by Gasteiger charge is 2.35. The second-order valence-electron chi connectivity index (χ2n) is 6.54. The molecule has 1 aromatic heterocycles. The van der Waals surface area contributed by atoms with Crippen molar-refractivity contribution in [3.05, 3.63) is 41.7 Å². The van der Waals surface area contributed by atoms with E-state index < -0.39 is 6.10 Å². The van der Waals surface area contributed by atoms with Crippen LogP contribution in [0.25, 0.3) is 0 Å². The smallest absolute Gasteiger partial charge is 0.265 e. The third kappa shape index (κ3) is 2.65. The number of carbonyl (C=O) groups is 2. The molecule has 0 aliphatic carbocycles. The third-order valence-electron chi connectivity index (χ3n) is 4.79. The van der Waals surface area contributed by atoms with E-state index in [1.54, 1.807) is 29.8 Å². The molecule has 25 heavy (non-hydrogen) atoms. The lowest BCUT2D eigenvalue weighted by Gasteiger charge is -2.28. The van der Waals surface area contributed by atoms with Gasteiger partial charge in [0, 0.05) is 25.4 Å². The van der Waals surface area contributed by atoms with Crippen molar-refractivity contribution < 1.29 is 14.3 Å². The first kappa shape index (κ1) is 15.7. The number of benzene rings is 1. The summed E-state index contributed by atoms with van der Waals surface area (Å²) in [4.78, 5) is 26.9. The molecule has 3 heterocycles. The monoisotopic (exact) mass is 340 g/mol. The summed E-state index contributed by atoms with van der Waals surface area (Å²) in [5.41, 5.74) is 2.08. The summed E-state index contributed by atoms with van der Waals surface area (Å²) in [6.07, 6.45) is 5.02. The van der Waals surface area contributed by atoms with Crippen molar-refractivity contribution in [3.8, 4) is 5.75 Å². The van der Waals surface area contributed by atoms with Gasteiger partial charge in [-0.3, -0.25) is 14.3 Å². The van der Waals surface area contributed by atoms with E-state index in [0.29, 0.717) is 23.5 Å². The third-order valence-corrected chi connectivity index (χ3v) is 4.79. The van der Waals surface area contributed by atoms with Gasteiger partial charge in [0.15, 0.2) is 11.9 Å². The lowest BCUT2D eigenvalue weighted by molar-refractivity contribution is -0.122. The minimum atomic E-state index is -0.617. The van der Waals surface area contributed by atoms with Crippen molar-refractivity contribution in [2.45, 2.75) is 31.9 Å². The van der Waals surface area contributed by atoms with Gasteiger partial charge in [0.1, 0.15) is 0 Å². The normalized spacial score (nSPS) is 22.3. The number of amides is 2. The number of fused-ring (bicyclic) bond motifs is 1. The number of likely N-dealkylation sites (tertiary alicyclic amines) is 1. The van der Waals surface area contributed by atoms with Gasteiger partial charge in [-0.15, -0.1) is 0 Å². The molecule has 2 amide bonds. The Balaban J connectivity index is 1.67. The molecule has 7 nitrogen and oxygen atoms in total. The average Bonchev–Trinajstić information content (AvgIpc) is 3.23. The van der Waals surface area contributed by atoms with E-state index >= 15 is 0 Å². The number of nitrogens with zero attached hydrogens (tertiary/aromatic N) is 3. The van der Waals surface area contributed by atoms with E-state index in [2.05, 4.69) is 10.4 Å². The van der Waals surface area contributed by atoms with E-state index in [4.69, 9.17) is 4.74 Å². The Morgan fingerprint density at radius 3 is 3.00 bits per heavy atom. The predicted octanol–water partition coefficient (Wildman–Crippen LogP) is 2.12.